The minimum absolute atomic E-state index is 0.234. The maximum absolute atomic E-state index is 9.52. The fourth-order valence-electron chi connectivity index (χ4n) is 2.99. The fraction of sp³-hybridized carbons (Fsp3) is 0.400. The summed E-state index contributed by atoms with van der Waals surface area (Å²) in [7, 11) is 0. The average Bonchev–Trinajstić information content (AvgIpc) is 2.60. The number of ether oxygens (including phenoxy) is 2. The van der Waals surface area contributed by atoms with Gasteiger partial charge in [-0.2, -0.15) is 0 Å². The Morgan fingerprint density at radius 3 is 2.79 bits per heavy atom. The van der Waals surface area contributed by atoms with Crippen LogP contribution in [0.5, 0.6) is 17.2 Å². The van der Waals surface area contributed by atoms with E-state index in [-0.39, 0.29) is 17.8 Å². The first-order valence-electron chi connectivity index (χ1n) is 8.59. The molecule has 0 aliphatic carbocycles. The van der Waals surface area contributed by atoms with Crippen LogP contribution in [0.25, 0.3) is 0 Å². The highest BCUT2D eigenvalue weighted by atomic mass is 16.5. The second-order valence-corrected chi connectivity index (χ2v) is 6.31. The second kappa shape index (κ2) is 7.58. The molecular formula is C20H25NO3. The molecule has 0 spiro atoms. The Balaban J connectivity index is 1.59. The first-order valence-corrected chi connectivity index (χ1v) is 8.59. The Morgan fingerprint density at radius 1 is 1.25 bits per heavy atom. The molecule has 128 valence electrons. The molecule has 24 heavy (non-hydrogen) atoms. The molecule has 2 aromatic carbocycles. The largest absolute Gasteiger partial charge is 0.508 e. The molecule has 0 saturated heterocycles. The van der Waals surface area contributed by atoms with Crippen LogP contribution in [0.15, 0.2) is 42.5 Å². The molecule has 2 unspecified atom stereocenters. The topological polar surface area (TPSA) is 50.7 Å². The second-order valence-electron chi connectivity index (χ2n) is 6.31. The third kappa shape index (κ3) is 4.01. The molecule has 0 amide bonds. The number of rotatable bonds is 6. The molecule has 4 heteroatoms. The summed E-state index contributed by atoms with van der Waals surface area (Å²) in [6, 6.07) is 14.1. The molecule has 1 aliphatic rings. The summed E-state index contributed by atoms with van der Waals surface area (Å²) in [5.41, 5.74) is 2.36. The zero-order valence-electron chi connectivity index (χ0n) is 14.3. The fourth-order valence-corrected chi connectivity index (χ4v) is 2.99. The zero-order valence-corrected chi connectivity index (χ0v) is 14.3. The molecular weight excluding hydrogens is 302 g/mol. The van der Waals surface area contributed by atoms with Gasteiger partial charge in [-0.3, -0.25) is 0 Å². The Hall–Kier alpha value is -2.20. The average molecular weight is 327 g/mol. The number of phenolic OH excluding ortho intramolecular Hbond substituents is 1. The number of aromatic hydroxyl groups is 1. The Labute approximate surface area is 143 Å². The van der Waals surface area contributed by atoms with Crippen LogP contribution in [0.3, 0.4) is 0 Å². The Kier molecular flexibility index (Phi) is 5.26. The minimum atomic E-state index is 0.234. The van der Waals surface area contributed by atoms with Crippen molar-refractivity contribution in [3.05, 3.63) is 53.6 Å². The van der Waals surface area contributed by atoms with Gasteiger partial charge in [0.15, 0.2) is 0 Å². The van der Waals surface area contributed by atoms with E-state index in [1.165, 1.54) is 5.56 Å². The third-order valence-electron chi connectivity index (χ3n) is 4.30. The normalized spacial score (nSPS) is 17.7. The van der Waals surface area contributed by atoms with E-state index in [0.29, 0.717) is 6.61 Å². The van der Waals surface area contributed by atoms with Crippen LogP contribution in [0, 0.1) is 0 Å². The van der Waals surface area contributed by atoms with E-state index in [2.05, 4.69) is 31.3 Å². The monoisotopic (exact) mass is 327 g/mol. The van der Waals surface area contributed by atoms with Crippen LogP contribution in [0.1, 0.15) is 37.4 Å². The van der Waals surface area contributed by atoms with Gasteiger partial charge in [0.05, 0.1) is 6.61 Å². The van der Waals surface area contributed by atoms with Gasteiger partial charge in [-0.15, -0.1) is 0 Å². The van der Waals surface area contributed by atoms with Crippen LogP contribution in [0.4, 0.5) is 0 Å². The van der Waals surface area contributed by atoms with E-state index in [9.17, 15) is 5.11 Å². The molecule has 0 saturated carbocycles. The van der Waals surface area contributed by atoms with Crippen LogP contribution in [0.2, 0.25) is 0 Å². The molecule has 0 aromatic heterocycles. The minimum Gasteiger partial charge on any atom is -0.508 e. The molecule has 1 heterocycles. The molecule has 0 bridgehead atoms. The summed E-state index contributed by atoms with van der Waals surface area (Å²) in [6.45, 7) is 5.63. The standard InChI is InChI=1S/C20H25NO3/c1-3-10-23-19-8-5-15(6-9-19)14(2)21-17-11-16-4-7-18(22)12-20(16)24-13-17/h4-9,12,14,17,21-22H,3,10-11,13H2,1-2H3. The molecule has 2 atom stereocenters. The predicted molar refractivity (Wildman–Crippen MR) is 94.9 cm³/mol. The van der Waals surface area contributed by atoms with Crippen LogP contribution in [-0.2, 0) is 6.42 Å². The van der Waals surface area contributed by atoms with Gasteiger partial charge >= 0.3 is 0 Å². The van der Waals surface area contributed by atoms with E-state index >= 15 is 0 Å². The summed E-state index contributed by atoms with van der Waals surface area (Å²) in [4.78, 5) is 0. The highest BCUT2D eigenvalue weighted by Gasteiger charge is 2.21. The number of nitrogens with one attached hydrogen (secondary N) is 1. The van der Waals surface area contributed by atoms with Gasteiger partial charge in [0, 0.05) is 18.2 Å². The van der Waals surface area contributed by atoms with Crippen LogP contribution in [-0.4, -0.2) is 24.4 Å². The molecule has 4 nitrogen and oxygen atoms in total. The summed E-state index contributed by atoms with van der Waals surface area (Å²) in [5.74, 6) is 1.96. The van der Waals surface area contributed by atoms with Gasteiger partial charge in [-0.1, -0.05) is 25.1 Å². The first kappa shape index (κ1) is 16.7. The van der Waals surface area contributed by atoms with Gasteiger partial charge in [-0.05, 0) is 49.1 Å². The molecule has 0 fully saturated rings. The van der Waals surface area contributed by atoms with Crippen molar-refractivity contribution in [2.75, 3.05) is 13.2 Å². The lowest BCUT2D eigenvalue weighted by atomic mass is 10.0. The first-order chi connectivity index (χ1) is 11.7. The van der Waals surface area contributed by atoms with Gasteiger partial charge in [0.2, 0.25) is 0 Å². The van der Waals surface area contributed by atoms with Crippen LogP contribution < -0.4 is 14.8 Å². The molecule has 1 aliphatic heterocycles. The van der Waals surface area contributed by atoms with Gasteiger partial charge in [-0.25, -0.2) is 0 Å². The van der Waals surface area contributed by atoms with Gasteiger partial charge in [0.1, 0.15) is 23.9 Å². The van der Waals surface area contributed by atoms with Crippen molar-refractivity contribution >= 4 is 0 Å². The molecule has 3 rings (SSSR count). The van der Waals surface area contributed by atoms with Gasteiger partial charge < -0.3 is 19.9 Å². The van der Waals surface area contributed by atoms with Crippen LogP contribution >= 0.6 is 0 Å². The maximum atomic E-state index is 9.52. The lowest BCUT2D eigenvalue weighted by Gasteiger charge is -2.29. The molecule has 0 radical (unpaired) electrons. The van der Waals surface area contributed by atoms with Crippen molar-refractivity contribution in [1.29, 1.82) is 0 Å². The van der Waals surface area contributed by atoms with Crippen molar-refractivity contribution in [1.82, 2.24) is 5.32 Å². The smallest absolute Gasteiger partial charge is 0.126 e. The van der Waals surface area contributed by atoms with Crippen molar-refractivity contribution in [3.63, 3.8) is 0 Å². The number of hydrogen-bond donors (Lipinski definition) is 2. The summed E-state index contributed by atoms with van der Waals surface area (Å²) < 4.78 is 11.4. The van der Waals surface area contributed by atoms with E-state index in [1.54, 1.807) is 12.1 Å². The lowest BCUT2D eigenvalue weighted by Crippen LogP contribution is -2.40. The third-order valence-corrected chi connectivity index (χ3v) is 4.30. The SMILES string of the molecule is CCCOc1ccc(C(C)NC2COc3cc(O)ccc3C2)cc1. The predicted octanol–water partition coefficient (Wildman–Crippen LogP) is 3.84. The van der Waals surface area contributed by atoms with E-state index in [4.69, 9.17) is 9.47 Å². The number of fused-ring (bicyclic) bond motifs is 1. The van der Waals surface area contributed by atoms with Crippen molar-refractivity contribution in [2.45, 2.75) is 38.8 Å². The maximum Gasteiger partial charge on any atom is 0.126 e. The molecule has 2 N–H and O–H groups in total. The van der Waals surface area contributed by atoms with Crippen molar-refractivity contribution in [3.8, 4) is 17.2 Å². The van der Waals surface area contributed by atoms with Crippen molar-refractivity contribution in [2.24, 2.45) is 0 Å². The molecule has 2 aromatic rings. The highest BCUT2D eigenvalue weighted by molar-refractivity contribution is 5.41. The Morgan fingerprint density at radius 2 is 2.04 bits per heavy atom. The lowest BCUT2D eigenvalue weighted by molar-refractivity contribution is 0.228. The number of benzene rings is 2. The van der Waals surface area contributed by atoms with E-state index < -0.39 is 0 Å². The number of hydrogen-bond acceptors (Lipinski definition) is 4. The summed E-state index contributed by atoms with van der Waals surface area (Å²) in [6.07, 6.45) is 1.91. The summed E-state index contributed by atoms with van der Waals surface area (Å²) in [5, 5.41) is 13.1. The van der Waals surface area contributed by atoms with E-state index in [1.807, 2.05) is 18.2 Å². The zero-order chi connectivity index (χ0) is 16.9. The Bertz CT molecular complexity index is 669. The number of phenols is 1. The quantitative estimate of drug-likeness (QED) is 0.846. The highest BCUT2D eigenvalue weighted by Crippen LogP contribution is 2.29. The van der Waals surface area contributed by atoms with Gasteiger partial charge in [0.25, 0.3) is 0 Å². The summed E-state index contributed by atoms with van der Waals surface area (Å²) >= 11 is 0. The van der Waals surface area contributed by atoms with E-state index in [0.717, 1.165) is 36.5 Å². The van der Waals surface area contributed by atoms with Crippen molar-refractivity contribution < 1.29 is 14.6 Å².